The lowest BCUT2D eigenvalue weighted by Crippen LogP contribution is -2.40. The number of carbonyl (C=O) groups is 2. The first-order chi connectivity index (χ1) is 8.45. The van der Waals surface area contributed by atoms with E-state index in [0.29, 0.717) is 12.1 Å². The molecule has 0 aliphatic rings. The Hall–Kier alpha value is -1.88. The third-order valence-corrected chi connectivity index (χ3v) is 2.92. The van der Waals surface area contributed by atoms with Crippen LogP contribution in [0.25, 0.3) is 0 Å². The third-order valence-electron chi connectivity index (χ3n) is 2.92. The van der Waals surface area contributed by atoms with Crippen molar-refractivity contribution in [3.8, 4) is 0 Å². The molecule has 0 spiro atoms. The maximum atomic E-state index is 11.9. The van der Waals surface area contributed by atoms with Gasteiger partial charge >= 0.3 is 5.97 Å². The molecule has 1 rings (SSSR count). The minimum absolute atomic E-state index is 0.0276. The Labute approximate surface area is 106 Å². The summed E-state index contributed by atoms with van der Waals surface area (Å²) in [6.45, 7) is 2.27. The third kappa shape index (κ3) is 3.56. The van der Waals surface area contributed by atoms with E-state index < -0.39 is 5.97 Å². The summed E-state index contributed by atoms with van der Waals surface area (Å²) in [4.78, 5) is 24.3. The highest BCUT2D eigenvalue weighted by Crippen LogP contribution is 2.08. The number of amides is 1. The average Bonchev–Trinajstić information content (AvgIpc) is 2.37. The molecule has 18 heavy (non-hydrogen) atoms. The van der Waals surface area contributed by atoms with Crippen molar-refractivity contribution in [2.45, 2.75) is 19.4 Å². The fourth-order valence-corrected chi connectivity index (χ4v) is 1.52. The van der Waals surface area contributed by atoms with Crippen LogP contribution in [0.4, 0.5) is 0 Å². The van der Waals surface area contributed by atoms with Gasteiger partial charge in [-0.25, -0.2) is 4.79 Å². The monoisotopic (exact) mass is 250 g/mol. The van der Waals surface area contributed by atoms with Gasteiger partial charge in [-0.1, -0.05) is 12.1 Å². The normalized spacial score (nSPS) is 11.9. The molecule has 0 aliphatic carbocycles. The molecule has 0 bridgehead atoms. The zero-order valence-electron chi connectivity index (χ0n) is 10.6. The van der Waals surface area contributed by atoms with Gasteiger partial charge in [0.1, 0.15) is 0 Å². The largest absolute Gasteiger partial charge is 0.478 e. The molecule has 1 unspecified atom stereocenters. The maximum absolute atomic E-state index is 11.9. The molecule has 0 radical (unpaired) electrons. The fourth-order valence-electron chi connectivity index (χ4n) is 1.52. The molecule has 5 heteroatoms. The van der Waals surface area contributed by atoms with Crippen LogP contribution in [0.3, 0.4) is 0 Å². The second-order valence-corrected chi connectivity index (χ2v) is 4.27. The van der Waals surface area contributed by atoms with Crippen LogP contribution in [0.15, 0.2) is 24.3 Å². The van der Waals surface area contributed by atoms with E-state index in [2.05, 4.69) is 0 Å². The number of carbonyl (C=O) groups excluding carboxylic acids is 1. The summed E-state index contributed by atoms with van der Waals surface area (Å²) >= 11 is 0. The molecule has 98 valence electrons. The number of hydrogen-bond donors (Lipinski definition) is 2. The van der Waals surface area contributed by atoms with E-state index in [-0.39, 0.29) is 23.9 Å². The number of carboxylic acid groups (broad SMARTS) is 1. The SMILES string of the molecule is CC(CN)N(C)C(=O)Cc1cccc(C(=O)O)c1. The summed E-state index contributed by atoms with van der Waals surface area (Å²) < 4.78 is 0. The number of nitrogens with two attached hydrogens (primary N) is 1. The van der Waals surface area contributed by atoms with Crippen molar-refractivity contribution < 1.29 is 14.7 Å². The molecule has 1 aromatic carbocycles. The van der Waals surface area contributed by atoms with E-state index in [1.54, 1.807) is 24.1 Å². The van der Waals surface area contributed by atoms with Crippen molar-refractivity contribution in [1.29, 1.82) is 0 Å². The lowest BCUT2D eigenvalue weighted by Gasteiger charge is -2.23. The number of aromatic carboxylic acids is 1. The predicted octanol–water partition coefficient (Wildman–Crippen LogP) is 0.733. The van der Waals surface area contributed by atoms with Gasteiger partial charge in [-0.3, -0.25) is 4.79 Å². The second-order valence-electron chi connectivity index (χ2n) is 4.27. The maximum Gasteiger partial charge on any atom is 0.335 e. The Morgan fingerprint density at radius 1 is 1.44 bits per heavy atom. The van der Waals surface area contributed by atoms with Gasteiger partial charge in [0.2, 0.25) is 5.91 Å². The zero-order valence-corrected chi connectivity index (χ0v) is 10.6. The number of nitrogens with zero attached hydrogens (tertiary/aromatic N) is 1. The molecule has 1 atom stereocenters. The number of rotatable bonds is 5. The molecular weight excluding hydrogens is 232 g/mol. The van der Waals surface area contributed by atoms with Crippen LogP contribution >= 0.6 is 0 Å². The number of likely N-dealkylation sites (N-methyl/N-ethyl adjacent to an activating group) is 1. The van der Waals surface area contributed by atoms with Gasteiger partial charge in [0.25, 0.3) is 0 Å². The first-order valence-electron chi connectivity index (χ1n) is 5.73. The summed E-state index contributed by atoms with van der Waals surface area (Å²) in [6, 6.07) is 6.37. The van der Waals surface area contributed by atoms with Crippen LogP contribution in [-0.2, 0) is 11.2 Å². The topological polar surface area (TPSA) is 83.6 Å². The summed E-state index contributed by atoms with van der Waals surface area (Å²) in [5.74, 6) is -1.07. The van der Waals surface area contributed by atoms with Crippen molar-refractivity contribution in [2.24, 2.45) is 5.73 Å². The Balaban J connectivity index is 2.76. The lowest BCUT2D eigenvalue weighted by atomic mass is 10.1. The highest BCUT2D eigenvalue weighted by atomic mass is 16.4. The Kier molecular flexibility index (Phi) is 4.85. The highest BCUT2D eigenvalue weighted by Gasteiger charge is 2.15. The molecule has 0 saturated carbocycles. The van der Waals surface area contributed by atoms with Gasteiger partial charge in [-0.05, 0) is 24.6 Å². The molecular formula is C13H18N2O3. The Bertz CT molecular complexity index is 446. The van der Waals surface area contributed by atoms with Gasteiger partial charge in [0, 0.05) is 19.6 Å². The summed E-state index contributed by atoms with van der Waals surface area (Å²) in [6.07, 6.45) is 0.182. The summed E-state index contributed by atoms with van der Waals surface area (Å²) in [5.41, 5.74) is 6.38. The summed E-state index contributed by atoms with van der Waals surface area (Å²) in [5, 5.41) is 8.87. The van der Waals surface area contributed by atoms with Gasteiger partial charge in [0.15, 0.2) is 0 Å². The quantitative estimate of drug-likeness (QED) is 0.807. The van der Waals surface area contributed by atoms with E-state index in [1.807, 2.05) is 6.92 Å². The van der Waals surface area contributed by atoms with E-state index in [0.717, 1.165) is 0 Å². The van der Waals surface area contributed by atoms with Crippen LogP contribution in [0.5, 0.6) is 0 Å². The molecule has 0 heterocycles. The van der Waals surface area contributed by atoms with Crippen LogP contribution in [0.2, 0.25) is 0 Å². The van der Waals surface area contributed by atoms with Crippen molar-refractivity contribution in [2.75, 3.05) is 13.6 Å². The van der Waals surface area contributed by atoms with Crippen molar-refractivity contribution in [3.63, 3.8) is 0 Å². The first-order valence-corrected chi connectivity index (χ1v) is 5.73. The minimum atomic E-state index is -0.993. The molecule has 0 saturated heterocycles. The molecule has 5 nitrogen and oxygen atoms in total. The zero-order chi connectivity index (χ0) is 13.7. The first kappa shape index (κ1) is 14.2. The number of carboxylic acids is 1. The van der Waals surface area contributed by atoms with E-state index in [4.69, 9.17) is 10.8 Å². The van der Waals surface area contributed by atoms with E-state index in [1.165, 1.54) is 12.1 Å². The van der Waals surface area contributed by atoms with Gasteiger partial charge in [0.05, 0.1) is 12.0 Å². The predicted molar refractivity (Wildman–Crippen MR) is 68.4 cm³/mol. The van der Waals surface area contributed by atoms with Crippen molar-refractivity contribution in [1.82, 2.24) is 4.90 Å². The van der Waals surface area contributed by atoms with E-state index >= 15 is 0 Å². The molecule has 1 amide bonds. The Morgan fingerprint density at radius 2 is 2.11 bits per heavy atom. The fraction of sp³-hybridized carbons (Fsp3) is 0.385. The summed E-state index contributed by atoms with van der Waals surface area (Å²) in [7, 11) is 1.70. The number of hydrogen-bond acceptors (Lipinski definition) is 3. The molecule has 3 N–H and O–H groups in total. The van der Waals surface area contributed by atoms with Gasteiger partial charge < -0.3 is 15.7 Å². The number of benzene rings is 1. The van der Waals surface area contributed by atoms with Crippen LogP contribution in [0, 0.1) is 0 Å². The standard InChI is InChI=1S/C13H18N2O3/c1-9(8-14)15(2)12(16)7-10-4-3-5-11(6-10)13(17)18/h3-6,9H,7-8,14H2,1-2H3,(H,17,18). The highest BCUT2D eigenvalue weighted by molar-refractivity contribution is 5.88. The van der Waals surface area contributed by atoms with Crippen LogP contribution < -0.4 is 5.73 Å². The van der Waals surface area contributed by atoms with Gasteiger partial charge in [-0.2, -0.15) is 0 Å². The lowest BCUT2D eigenvalue weighted by molar-refractivity contribution is -0.130. The average molecular weight is 250 g/mol. The minimum Gasteiger partial charge on any atom is -0.478 e. The molecule has 0 aliphatic heterocycles. The van der Waals surface area contributed by atoms with Crippen LogP contribution in [0.1, 0.15) is 22.8 Å². The van der Waals surface area contributed by atoms with E-state index in [9.17, 15) is 9.59 Å². The van der Waals surface area contributed by atoms with Gasteiger partial charge in [-0.15, -0.1) is 0 Å². The van der Waals surface area contributed by atoms with Crippen molar-refractivity contribution in [3.05, 3.63) is 35.4 Å². The smallest absolute Gasteiger partial charge is 0.335 e. The molecule has 1 aromatic rings. The van der Waals surface area contributed by atoms with Crippen LogP contribution in [-0.4, -0.2) is 41.5 Å². The second kappa shape index (κ2) is 6.16. The molecule has 0 aromatic heterocycles. The van der Waals surface area contributed by atoms with Crippen molar-refractivity contribution >= 4 is 11.9 Å². The Morgan fingerprint density at radius 3 is 2.67 bits per heavy atom. The molecule has 0 fully saturated rings.